The fraction of sp³-hybridized carbons (Fsp3) is 0.158. The van der Waals surface area contributed by atoms with Crippen LogP contribution >= 0.6 is 11.6 Å². The van der Waals surface area contributed by atoms with Gasteiger partial charge in [0.05, 0.1) is 5.56 Å². The van der Waals surface area contributed by atoms with Gasteiger partial charge in [0, 0.05) is 17.3 Å². The lowest BCUT2D eigenvalue weighted by molar-refractivity contribution is -0.137. The van der Waals surface area contributed by atoms with E-state index in [0.29, 0.717) is 5.82 Å². The van der Waals surface area contributed by atoms with Gasteiger partial charge in [-0.3, -0.25) is 0 Å². The molecule has 0 amide bonds. The molecule has 0 atom stereocenters. The third kappa shape index (κ3) is 3.96. The molecular formula is C19H15ClF3N3. The maximum atomic E-state index is 12.9. The Labute approximate surface area is 153 Å². The molecule has 0 aliphatic carbocycles. The number of anilines is 2. The molecule has 0 aliphatic heterocycles. The van der Waals surface area contributed by atoms with E-state index in [1.54, 1.807) is 0 Å². The summed E-state index contributed by atoms with van der Waals surface area (Å²) in [5, 5.41) is 3.29. The van der Waals surface area contributed by atoms with Crippen molar-refractivity contribution in [2.24, 2.45) is 0 Å². The first-order valence-electron chi connectivity index (χ1n) is 7.79. The van der Waals surface area contributed by atoms with Crippen molar-refractivity contribution >= 4 is 23.1 Å². The van der Waals surface area contributed by atoms with Crippen molar-refractivity contribution in [3.63, 3.8) is 0 Å². The van der Waals surface area contributed by atoms with Crippen LogP contribution in [0, 0.1) is 13.8 Å². The summed E-state index contributed by atoms with van der Waals surface area (Å²) in [4.78, 5) is 8.37. The summed E-state index contributed by atoms with van der Waals surface area (Å²) < 4.78 is 38.8. The molecule has 0 bridgehead atoms. The molecule has 2 aromatic carbocycles. The molecule has 3 aromatic rings. The van der Waals surface area contributed by atoms with Crippen molar-refractivity contribution in [1.82, 2.24) is 9.97 Å². The van der Waals surface area contributed by atoms with Gasteiger partial charge in [-0.15, -0.1) is 0 Å². The molecule has 0 fully saturated rings. The average Bonchev–Trinajstić information content (AvgIpc) is 2.58. The van der Waals surface area contributed by atoms with Gasteiger partial charge in [-0.05, 0) is 43.2 Å². The Bertz CT molecular complexity index is 955. The van der Waals surface area contributed by atoms with Gasteiger partial charge in [0.2, 0.25) is 0 Å². The van der Waals surface area contributed by atoms with Crippen molar-refractivity contribution in [3.05, 3.63) is 70.4 Å². The molecular weight excluding hydrogens is 363 g/mol. The van der Waals surface area contributed by atoms with Crippen molar-refractivity contribution in [3.8, 4) is 11.4 Å². The van der Waals surface area contributed by atoms with E-state index < -0.39 is 11.7 Å². The minimum Gasteiger partial charge on any atom is -0.340 e. The first kappa shape index (κ1) is 18.2. The van der Waals surface area contributed by atoms with Crippen LogP contribution in [0.4, 0.5) is 24.7 Å². The van der Waals surface area contributed by atoms with Crippen LogP contribution in [0.3, 0.4) is 0 Å². The number of rotatable bonds is 3. The largest absolute Gasteiger partial charge is 0.416 e. The molecule has 134 valence electrons. The van der Waals surface area contributed by atoms with Crippen LogP contribution in [-0.4, -0.2) is 9.97 Å². The Kier molecular flexibility index (Phi) is 4.87. The number of hydrogen-bond acceptors (Lipinski definition) is 3. The van der Waals surface area contributed by atoms with E-state index in [1.807, 2.05) is 32.0 Å². The molecule has 0 aliphatic rings. The van der Waals surface area contributed by atoms with E-state index in [4.69, 9.17) is 11.6 Å². The van der Waals surface area contributed by atoms with Crippen LogP contribution in [0.25, 0.3) is 11.4 Å². The number of halogens is 4. The topological polar surface area (TPSA) is 37.8 Å². The predicted molar refractivity (Wildman–Crippen MR) is 96.7 cm³/mol. The summed E-state index contributed by atoms with van der Waals surface area (Å²) >= 11 is 6.05. The van der Waals surface area contributed by atoms with Gasteiger partial charge in [0.25, 0.3) is 0 Å². The molecule has 3 rings (SSSR count). The van der Waals surface area contributed by atoms with Crippen molar-refractivity contribution in [2.45, 2.75) is 20.0 Å². The Balaban J connectivity index is 2.00. The van der Waals surface area contributed by atoms with Gasteiger partial charge in [-0.1, -0.05) is 35.9 Å². The zero-order valence-electron chi connectivity index (χ0n) is 14.0. The Morgan fingerprint density at radius 3 is 2.42 bits per heavy atom. The van der Waals surface area contributed by atoms with Gasteiger partial charge in [0.15, 0.2) is 5.82 Å². The fourth-order valence-electron chi connectivity index (χ4n) is 2.47. The summed E-state index contributed by atoms with van der Waals surface area (Å²) in [6.45, 7) is 3.95. The number of alkyl halides is 3. The summed E-state index contributed by atoms with van der Waals surface area (Å²) in [7, 11) is 0. The van der Waals surface area contributed by atoms with E-state index in [-0.39, 0.29) is 16.5 Å². The number of hydrogen-bond donors (Lipinski definition) is 1. The van der Waals surface area contributed by atoms with E-state index in [9.17, 15) is 13.2 Å². The number of nitrogens with zero attached hydrogens (tertiary/aromatic N) is 2. The normalized spacial score (nSPS) is 11.5. The smallest absolute Gasteiger partial charge is 0.340 e. The Morgan fingerprint density at radius 1 is 0.962 bits per heavy atom. The highest BCUT2D eigenvalue weighted by molar-refractivity contribution is 6.29. The lowest BCUT2D eigenvalue weighted by Gasteiger charge is -2.12. The maximum Gasteiger partial charge on any atom is 0.416 e. The van der Waals surface area contributed by atoms with Crippen LogP contribution in [0.5, 0.6) is 0 Å². The fourth-order valence-corrected chi connectivity index (χ4v) is 2.65. The van der Waals surface area contributed by atoms with Crippen LogP contribution in [-0.2, 0) is 6.18 Å². The van der Waals surface area contributed by atoms with Gasteiger partial charge in [0.1, 0.15) is 11.0 Å². The monoisotopic (exact) mass is 377 g/mol. The zero-order chi connectivity index (χ0) is 18.9. The molecule has 26 heavy (non-hydrogen) atoms. The molecule has 1 N–H and O–H groups in total. The lowest BCUT2D eigenvalue weighted by Crippen LogP contribution is -2.05. The molecule has 3 nitrogen and oxygen atoms in total. The highest BCUT2D eigenvalue weighted by atomic mass is 35.5. The second-order valence-corrected chi connectivity index (χ2v) is 6.24. The number of nitrogens with one attached hydrogen (secondary N) is 1. The molecule has 0 saturated heterocycles. The molecule has 0 spiro atoms. The second kappa shape index (κ2) is 6.96. The standard InChI is InChI=1S/C19H15ClF3N3/c1-11-5-3-8-15(12(11)2)24-17-10-16(20)25-18(26-17)13-6-4-7-14(9-13)19(21,22)23/h3-10H,1-2H3,(H,24,25,26). The number of aromatic nitrogens is 2. The van der Waals surface area contributed by atoms with Crippen LogP contribution < -0.4 is 5.32 Å². The molecule has 0 radical (unpaired) electrons. The molecule has 1 aromatic heterocycles. The molecule has 0 saturated carbocycles. The third-order valence-corrected chi connectivity index (χ3v) is 4.20. The van der Waals surface area contributed by atoms with Gasteiger partial charge < -0.3 is 5.32 Å². The molecule has 1 heterocycles. The summed E-state index contributed by atoms with van der Waals surface area (Å²) in [6, 6.07) is 12.2. The summed E-state index contributed by atoms with van der Waals surface area (Å²) in [5.41, 5.74) is 2.47. The van der Waals surface area contributed by atoms with Crippen LogP contribution in [0.1, 0.15) is 16.7 Å². The van der Waals surface area contributed by atoms with Crippen molar-refractivity contribution in [1.29, 1.82) is 0 Å². The summed E-state index contributed by atoms with van der Waals surface area (Å²) in [6.07, 6.45) is -4.44. The first-order valence-corrected chi connectivity index (χ1v) is 8.17. The first-order chi connectivity index (χ1) is 12.2. The van der Waals surface area contributed by atoms with Crippen molar-refractivity contribution < 1.29 is 13.2 Å². The highest BCUT2D eigenvalue weighted by Crippen LogP contribution is 2.32. The van der Waals surface area contributed by atoms with E-state index >= 15 is 0 Å². The van der Waals surface area contributed by atoms with E-state index in [2.05, 4.69) is 15.3 Å². The number of aryl methyl sites for hydroxylation is 1. The maximum absolute atomic E-state index is 12.9. The number of benzene rings is 2. The minimum atomic E-state index is -4.44. The Morgan fingerprint density at radius 2 is 1.69 bits per heavy atom. The quantitative estimate of drug-likeness (QED) is 0.554. The van der Waals surface area contributed by atoms with Gasteiger partial charge in [-0.2, -0.15) is 13.2 Å². The van der Waals surface area contributed by atoms with Crippen molar-refractivity contribution in [2.75, 3.05) is 5.32 Å². The van der Waals surface area contributed by atoms with Crippen LogP contribution in [0.15, 0.2) is 48.5 Å². The molecule has 0 unspecified atom stereocenters. The van der Waals surface area contributed by atoms with E-state index in [0.717, 1.165) is 28.9 Å². The predicted octanol–water partition coefficient (Wildman–Crippen LogP) is 6.18. The SMILES string of the molecule is Cc1cccc(Nc2cc(Cl)nc(-c3cccc(C(F)(F)F)c3)n2)c1C. The third-order valence-electron chi connectivity index (χ3n) is 4.01. The lowest BCUT2D eigenvalue weighted by atomic mass is 10.1. The van der Waals surface area contributed by atoms with Crippen LogP contribution in [0.2, 0.25) is 5.15 Å². The highest BCUT2D eigenvalue weighted by Gasteiger charge is 2.30. The van der Waals surface area contributed by atoms with E-state index in [1.165, 1.54) is 18.2 Å². The van der Waals surface area contributed by atoms with Gasteiger partial charge in [-0.25, -0.2) is 9.97 Å². The second-order valence-electron chi connectivity index (χ2n) is 5.85. The van der Waals surface area contributed by atoms with Gasteiger partial charge >= 0.3 is 6.18 Å². The molecule has 7 heteroatoms. The average molecular weight is 378 g/mol. The Hall–Kier alpha value is -2.60. The summed E-state index contributed by atoms with van der Waals surface area (Å²) in [5.74, 6) is 0.530. The minimum absolute atomic E-state index is 0.122. The zero-order valence-corrected chi connectivity index (χ0v) is 14.8.